The minimum atomic E-state index is -4.63. The number of benzene rings is 1. The molecule has 0 spiro atoms. The van der Waals surface area contributed by atoms with Gasteiger partial charge in [-0.25, -0.2) is 15.0 Å². The summed E-state index contributed by atoms with van der Waals surface area (Å²) in [7, 11) is 0. The van der Waals surface area contributed by atoms with Crippen LogP contribution in [0.15, 0.2) is 36.8 Å². The highest BCUT2D eigenvalue weighted by atomic mass is 35.5. The normalized spacial score (nSPS) is 14.9. The third-order valence-corrected chi connectivity index (χ3v) is 5.78. The molecule has 0 aliphatic carbocycles. The fourth-order valence-corrected chi connectivity index (χ4v) is 4.24. The quantitative estimate of drug-likeness (QED) is 0.448. The number of fused-ring (bicyclic) bond motifs is 1. The van der Waals surface area contributed by atoms with Gasteiger partial charge in [0.25, 0.3) is 0 Å². The molecule has 1 aliphatic rings. The Morgan fingerprint density at radius 2 is 1.85 bits per heavy atom. The molecule has 1 aliphatic heterocycles. The lowest BCUT2D eigenvalue weighted by Crippen LogP contribution is -2.44. The van der Waals surface area contributed by atoms with Crippen LogP contribution in [-0.2, 0) is 11.0 Å². The Morgan fingerprint density at radius 3 is 2.52 bits per heavy atom. The van der Waals surface area contributed by atoms with Gasteiger partial charge in [0.1, 0.15) is 24.2 Å². The van der Waals surface area contributed by atoms with Gasteiger partial charge in [0.2, 0.25) is 0 Å². The summed E-state index contributed by atoms with van der Waals surface area (Å²) in [6, 6.07) is 4.24. The molecular weight excluding hydrogens is 457 g/mol. The van der Waals surface area contributed by atoms with E-state index in [2.05, 4.69) is 19.9 Å². The van der Waals surface area contributed by atoms with Crippen LogP contribution in [0, 0.1) is 6.92 Å². The molecule has 0 bridgehead atoms. The third-order valence-electron chi connectivity index (χ3n) is 5.47. The molecular formula is C22H20ClF3N6O. The highest BCUT2D eigenvalue weighted by Gasteiger charge is 2.37. The second-order valence-corrected chi connectivity index (χ2v) is 8.04. The Labute approximate surface area is 192 Å². The molecule has 2 N–H and O–H groups in total. The van der Waals surface area contributed by atoms with Crippen molar-refractivity contribution in [3.63, 3.8) is 0 Å². The van der Waals surface area contributed by atoms with E-state index >= 15 is 0 Å². The molecule has 4 rings (SSSR count). The molecule has 1 saturated heterocycles. The number of carbonyl (C=O) groups is 1. The van der Waals surface area contributed by atoms with Gasteiger partial charge >= 0.3 is 6.18 Å². The molecule has 11 heteroatoms. The second-order valence-electron chi connectivity index (χ2n) is 7.63. The molecule has 0 atom stereocenters. The Morgan fingerprint density at radius 1 is 1.12 bits per heavy atom. The molecule has 0 unspecified atom stereocenters. The minimum Gasteiger partial charge on any atom is -0.384 e. The molecule has 2 aromatic heterocycles. The first-order valence-electron chi connectivity index (χ1n) is 10.1. The zero-order valence-corrected chi connectivity index (χ0v) is 18.4. The van der Waals surface area contributed by atoms with Crippen LogP contribution in [0.4, 0.5) is 24.8 Å². The predicted octanol–water partition coefficient (Wildman–Crippen LogP) is 4.09. The lowest BCUT2D eigenvalue weighted by atomic mass is 9.99. The number of anilines is 2. The van der Waals surface area contributed by atoms with Crippen molar-refractivity contribution < 1.29 is 18.0 Å². The number of hydrogen-bond acceptors (Lipinski definition) is 7. The van der Waals surface area contributed by atoms with Crippen molar-refractivity contribution in [1.29, 1.82) is 0 Å². The molecule has 1 aromatic carbocycles. The average Bonchev–Trinajstić information content (AvgIpc) is 2.75. The van der Waals surface area contributed by atoms with Crippen LogP contribution >= 0.6 is 11.6 Å². The van der Waals surface area contributed by atoms with Crippen LogP contribution in [-0.4, -0.2) is 52.3 Å². The molecule has 0 saturated carbocycles. The topological polar surface area (TPSA) is 88.2 Å². The predicted molar refractivity (Wildman–Crippen MR) is 121 cm³/mol. The Kier molecular flexibility index (Phi) is 6.11. The van der Waals surface area contributed by atoms with E-state index in [0.29, 0.717) is 42.9 Å². The molecule has 33 heavy (non-hydrogen) atoms. The fourth-order valence-electron chi connectivity index (χ4n) is 3.99. The van der Waals surface area contributed by atoms with Gasteiger partial charge in [0.15, 0.2) is 0 Å². The number of nitrogens with zero attached hydrogens (tertiary/aromatic N) is 5. The number of halogens is 4. The van der Waals surface area contributed by atoms with Gasteiger partial charge in [-0.2, -0.15) is 13.2 Å². The van der Waals surface area contributed by atoms with E-state index in [0.717, 1.165) is 6.29 Å². The van der Waals surface area contributed by atoms with E-state index in [1.165, 1.54) is 31.5 Å². The zero-order valence-electron chi connectivity index (χ0n) is 17.6. The maximum Gasteiger partial charge on any atom is 0.418 e. The number of carbonyl (C=O) groups excluding carboxylic acids is 1. The summed E-state index contributed by atoms with van der Waals surface area (Å²) in [6.45, 7) is 3.99. The van der Waals surface area contributed by atoms with Gasteiger partial charge in [-0.15, -0.1) is 0 Å². The summed E-state index contributed by atoms with van der Waals surface area (Å²) in [4.78, 5) is 27.2. The molecule has 0 radical (unpaired) electrons. The molecule has 1 fully saturated rings. The first kappa shape index (κ1) is 22.8. The van der Waals surface area contributed by atoms with Crippen molar-refractivity contribution in [2.45, 2.75) is 13.1 Å². The van der Waals surface area contributed by atoms with E-state index in [1.807, 2.05) is 4.90 Å². The lowest BCUT2D eigenvalue weighted by molar-refractivity contribution is -0.137. The van der Waals surface area contributed by atoms with Crippen molar-refractivity contribution in [2.24, 2.45) is 0 Å². The highest BCUT2D eigenvalue weighted by molar-refractivity contribution is 6.34. The number of nitrogen functional groups attached to an aromatic ring is 1. The van der Waals surface area contributed by atoms with E-state index in [4.69, 9.17) is 17.3 Å². The van der Waals surface area contributed by atoms with Crippen LogP contribution in [0.25, 0.3) is 22.2 Å². The summed E-state index contributed by atoms with van der Waals surface area (Å²) >= 11 is 6.48. The van der Waals surface area contributed by atoms with Gasteiger partial charge in [0, 0.05) is 43.3 Å². The van der Waals surface area contributed by atoms with Gasteiger partial charge < -0.3 is 15.5 Å². The summed E-state index contributed by atoms with van der Waals surface area (Å²) < 4.78 is 41.4. The molecule has 3 aromatic rings. The number of allylic oxidation sites excluding steroid dienone is 1. The van der Waals surface area contributed by atoms with E-state index in [9.17, 15) is 18.0 Å². The van der Waals surface area contributed by atoms with Gasteiger partial charge in [-0.3, -0.25) is 4.79 Å². The van der Waals surface area contributed by atoms with E-state index in [1.54, 1.807) is 12.3 Å². The minimum absolute atomic E-state index is 0.0310. The maximum atomic E-state index is 13.8. The van der Waals surface area contributed by atoms with Crippen LogP contribution in [0.2, 0.25) is 5.02 Å². The summed E-state index contributed by atoms with van der Waals surface area (Å²) in [5, 5.41) is 0.714. The number of hydrogen-bond donors (Lipinski definition) is 1. The van der Waals surface area contributed by atoms with E-state index < -0.39 is 11.7 Å². The number of nitrogens with two attached hydrogens (primary N) is 1. The Bertz CT molecular complexity index is 1240. The van der Waals surface area contributed by atoms with Crippen LogP contribution in [0.3, 0.4) is 0 Å². The van der Waals surface area contributed by atoms with Crippen LogP contribution in [0.5, 0.6) is 0 Å². The maximum absolute atomic E-state index is 13.8. The van der Waals surface area contributed by atoms with Crippen molar-refractivity contribution >= 4 is 40.4 Å². The largest absolute Gasteiger partial charge is 0.418 e. The third kappa shape index (κ3) is 4.56. The SMILES string of the molecule is Cc1cc(N)nc(-c2cc3ncnc(N4CCN(C=CC=O)CC4)c3cc2Cl)c1C(F)(F)F. The van der Waals surface area contributed by atoms with Crippen molar-refractivity contribution in [3.8, 4) is 11.3 Å². The number of piperazine rings is 1. The van der Waals surface area contributed by atoms with Gasteiger partial charge in [-0.05, 0) is 36.8 Å². The Hall–Kier alpha value is -3.40. The van der Waals surface area contributed by atoms with Crippen molar-refractivity contribution in [3.05, 3.63) is 53.0 Å². The number of rotatable bonds is 4. The number of alkyl halides is 3. The van der Waals surface area contributed by atoms with E-state index in [-0.39, 0.29) is 27.7 Å². The molecule has 0 amide bonds. The smallest absolute Gasteiger partial charge is 0.384 e. The lowest BCUT2D eigenvalue weighted by Gasteiger charge is -2.35. The molecule has 172 valence electrons. The number of aryl methyl sites for hydroxylation is 1. The van der Waals surface area contributed by atoms with Crippen LogP contribution < -0.4 is 10.6 Å². The van der Waals surface area contributed by atoms with Gasteiger partial charge in [-0.1, -0.05) is 11.6 Å². The average molecular weight is 477 g/mol. The van der Waals surface area contributed by atoms with Crippen molar-refractivity contribution in [1.82, 2.24) is 19.9 Å². The summed E-state index contributed by atoms with van der Waals surface area (Å²) in [5.41, 5.74) is 5.04. The standard InChI is InChI=1S/C22H20ClF3N6O/c1-13-9-18(27)30-20(19(13)22(24,25)26)14-11-17-15(10-16(14)23)21(29-12-28-17)32-6-4-31(5-7-32)3-2-8-33/h2-3,8-12H,4-7H2,1H3,(H2,27,30). The summed E-state index contributed by atoms with van der Waals surface area (Å²) in [6.07, 6.45) is 0.650. The second kappa shape index (κ2) is 8.86. The monoisotopic (exact) mass is 476 g/mol. The molecule has 3 heterocycles. The first-order valence-corrected chi connectivity index (χ1v) is 10.5. The first-order chi connectivity index (χ1) is 15.7. The summed E-state index contributed by atoms with van der Waals surface area (Å²) in [5.74, 6) is 0.608. The number of aldehydes is 1. The number of pyridine rings is 1. The zero-order chi connectivity index (χ0) is 23.8. The molecule has 7 nitrogen and oxygen atoms in total. The number of aromatic nitrogens is 3. The fraction of sp³-hybridized carbons (Fsp3) is 0.273. The van der Waals surface area contributed by atoms with Crippen molar-refractivity contribution in [2.75, 3.05) is 36.8 Å². The Balaban J connectivity index is 1.77. The van der Waals surface area contributed by atoms with Crippen LogP contribution in [0.1, 0.15) is 11.1 Å². The highest BCUT2D eigenvalue weighted by Crippen LogP contribution is 2.42. The van der Waals surface area contributed by atoms with Gasteiger partial charge in [0.05, 0.1) is 21.8 Å².